The molecule has 1 unspecified atom stereocenters. The van der Waals surface area contributed by atoms with Crippen molar-refractivity contribution in [3.63, 3.8) is 0 Å². The van der Waals surface area contributed by atoms with E-state index in [1.54, 1.807) is 11.3 Å². The Bertz CT molecular complexity index is 354. The zero-order valence-electron chi connectivity index (χ0n) is 11.3. The lowest BCUT2D eigenvalue weighted by Crippen LogP contribution is -2.39. The van der Waals surface area contributed by atoms with Crippen molar-refractivity contribution in [2.75, 3.05) is 31.1 Å². The van der Waals surface area contributed by atoms with E-state index in [9.17, 15) is 0 Å². The van der Waals surface area contributed by atoms with Crippen molar-refractivity contribution in [3.05, 3.63) is 11.1 Å². The van der Waals surface area contributed by atoms with E-state index < -0.39 is 0 Å². The third-order valence-corrected chi connectivity index (χ3v) is 4.10. The fourth-order valence-electron chi connectivity index (χ4n) is 2.26. The molecule has 1 aliphatic heterocycles. The number of anilines is 1. The van der Waals surface area contributed by atoms with Crippen molar-refractivity contribution in [1.82, 2.24) is 10.3 Å². The second-order valence-electron chi connectivity index (χ2n) is 4.57. The minimum atomic E-state index is 0.380. The smallest absolute Gasteiger partial charge is 0.185 e. The first-order valence-electron chi connectivity index (χ1n) is 6.85. The Labute approximate surface area is 113 Å². The van der Waals surface area contributed by atoms with Crippen LogP contribution in [0.4, 0.5) is 5.13 Å². The summed E-state index contributed by atoms with van der Waals surface area (Å²) < 4.78 is 5.73. The predicted molar refractivity (Wildman–Crippen MR) is 76.4 cm³/mol. The van der Waals surface area contributed by atoms with E-state index in [0.29, 0.717) is 6.10 Å². The summed E-state index contributed by atoms with van der Waals surface area (Å²) in [7, 11) is 0. The Balaban J connectivity index is 1.91. The van der Waals surface area contributed by atoms with Crippen LogP contribution in [0.2, 0.25) is 0 Å². The van der Waals surface area contributed by atoms with Crippen LogP contribution in [0, 0.1) is 0 Å². The van der Waals surface area contributed by atoms with Crippen molar-refractivity contribution < 1.29 is 4.74 Å². The van der Waals surface area contributed by atoms with Crippen molar-refractivity contribution in [1.29, 1.82) is 0 Å². The molecule has 1 N–H and O–H groups in total. The van der Waals surface area contributed by atoms with Crippen LogP contribution in [-0.4, -0.2) is 37.3 Å². The minimum absolute atomic E-state index is 0.380. The van der Waals surface area contributed by atoms with Crippen molar-refractivity contribution in [2.24, 2.45) is 0 Å². The molecule has 0 saturated carbocycles. The van der Waals surface area contributed by atoms with Crippen molar-refractivity contribution >= 4 is 16.5 Å². The molecule has 2 heterocycles. The van der Waals surface area contributed by atoms with Crippen LogP contribution in [0.25, 0.3) is 0 Å². The molecule has 18 heavy (non-hydrogen) atoms. The van der Waals surface area contributed by atoms with Crippen LogP contribution in [0.15, 0.2) is 5.38 Å². The predicted octanol–water partition coefficient (Wildman–Crippen LogP) is 2.26. The van der Waals surface area contributed by atoms with Crippen molar-refractivity contribution in [2.45, 2.75) is 39.3 Å². The molecule has 2 rings (SSSR count). The van der Waals surface area contributed by atoms with Gasteiger partial charge in [-0.15, -0.1) is 11.3 Å². The third-order valence-electron chi connectivity index (χ3n) is 3.15. The Hall–Kier alpha value is -0.650. The number of nitrogens with zero attached hydrogens (tertiary/aromatic N) is 2. The van der Waals surface area contributed by atoms with E-state index in [1.807, 2.05) is 0 Å². The lowest BCUT2D eigenvalue weighted by atomic mass is 10.1. The maximum Gasteiger partial charge on any atom is 0.185 e. The number of hydrogen-bond donors (Lipinski definition) is 1. The molecular formula is C13H23N3OS. The third kappa shape index (κ3) is 3.67. The monoisotopic (exact) mass is 269 g/mol. The van der Waals surface area contributed by atoms with E-state index in [-0.39, 0.29) is 0 Å². The van der Waals surface area contributed by atoms with Gasteiger partial charge in [0.15, 0.2) is 5.13 Å². The highest BCUT2D eigenvalue weighted by Gasteiger charge is 2.22. The van der Waals surface area contributed by atoms with Gasteiger partial charge in [-0.3, -0.25) is 0 Å². The molecule has 0 spiro atoms. The van der Waals surface area contributed by atoms with Gasteiger partial charge in [-0.05, 0) is 26.3 Å². The van der Waals surface area contributed by atoms with Gasteiger partial charge in [0, 0.05) is 31.6 Å². The topological polar surface area (TPSA) is 37.4 Å². The highest BCUT2D eigenvalue weighted by molar-refractivity contribution is 7.13. The average Bonchev–Trinajstić information content (AvgIpc) is 2.86. The Morgan fingerprint density at radius 1 is 1.56 bits per heavy atom. The number of hydrogen-bond acceptors (Lipinski definition) is 5. The van der Waals surface area contributed by atoms with Crippen LogP contribution in [-0.2, 0) is 11.3 Å². The zero-order valence-corrected chi connectivity index (χ0v) is 12.1. The summed E-state index contributed by atoms with van der Waals surface area (Å²) in [6.45, 7) is 8.95. The molecule has 0 radical (unpaired) electrons. The Kier molecular flexibility index (Phi) is 5.41. The first kappa shape index (κ1) is 13.8. The standard InChI is InChI=1S/C13H23N3OS/c1-3-14-8-11-10-18-13(15-11)16-7-5-6-12(9-16)17-4-2/h10,12,14H,3-9H2,1-2H3. The summed E-state index contributed by atoms with van der Waals surface area (Å²) >= 11 is 1.75. The van der Waals surface area contributed by atoms with Crippen LogP contribution in [0.3, 0.4) is 0 Å². The minimum Gasteiger partial charge on any atom is -0.377 e. The number of aromatic nitrogens is 1. The number of thiazole rings is 1. The molecule has 1 aromatic rings. The van der Waals surface area contributed by atoms with Gasteiger partial charge in [0.25, 0.3) is 0 Å². The van der Waals surface area contributed by atoms with Crippen LogP contribution < -0.4 is 10.2 Å². The molecule has 4 nitrogen and oxygen atoms in total. The molecule has 1 saturated heterocycles. The highest BCUT2D eigenvalue weighted by Crippen LogP contribution is 2.25. The SMILES string of the molecule is CCNCc1csc(N2CCCC(OCC)C2)n1. The molecule has 0 amide bonds. The summed E-state index contributed by atoms with van der Waals surface area (Å²) in [5.41, 5.74) is 1.15. The number of nitrogens with one attached hydrogen (secondary N) is 1. The maximum absolute atomic E-state index is 5.73. The molecule has 1 aliphatic rings. The highest BCUT2D eigenvalue weighted by atomic mass is 32.1. The van der Waals surface area contributed by atoms with E-state index in [4.69, 9.17) is 9.72 Å². The van der Waals surface area contributed by atoms with Gasteiger partial charge in [0.2, 0.25) is 0 Å². The maximum atomic E-state index is 5.73. The normalized spacial score (nSPS) is 20.3. The van der Waals surface area contributed by atoms with Gasteiger partial charge < -0.3 is 15.0 Å². The molecule has 1 fully saturated rings. The first-order chi connectivity index (χ1) is 8.83. The Morgan fingerprint density at radius 2 is 2.44 bits per heavy atom. The van der Waals surface area contributed by atoms with Crippen molar-refractivity contribution in [3.8, 4) is 0 Å². The van der Waals surface area contributed by atoms with E-state index in [0.717, 1.165) is 43.6 Å². The van der Waals surface area contributed by atoms with Gasteiger partial charge in [0.05, 0.1) is 11.8 Å². The molecule has 0 bridgehead atoms. The molecule has 102 valence electrons. The fourth-order valence-corrected chi connectivity index (χ4v) is 3.12. The summed E-state index contributed by atoms with van der Waals surface area (Å²) in [5, 5.41) is 6.61. The van der Waals surface area contributed by atoms with Gasteiger partial charge in [0.1, 0.15) is 0 Å². The first-order valence-corrected chi connectivity index (χ1v) is 7.73. The second-order valence-corrected chi connectivity index (χ2v) is 5.40. The molecule has 5 heteroatoms. The molecule has 0 aromatic carbocycles. The lowest BCUT2D eigenvalue weighted by molar-refractivity contribution is 0.0526. The fraction of sp³-hybridized carbons (Fsp3) is 0.769. The summed E-state index contributed by atoms with van der Waals surface area (Å²) in [5.74, 6) is 0. The van der Waals surface area contributed by atoms with Crippen LogP contribution in [0.5, 0.6) is 0 Å². The van der Waals surface area contributed by atoms with E-state index >= 15 is 0 Å². The van der Waals surface area contributed by atoms with Gasteiger partial charge in [-0.1, -0.05) is 6.92 Å². The summed E-state index contributed by atoms with van der Waals surface area (Å²) in [6, 6.07) is 0. The quantitative estimate of drug-likeness (QED) is 0.859. The molecule has 0 aliphatic carbocycles. The second kappa shape index (κ2) is 7.07. The Morgan fingerprint density at radius 3 is 3.22 bits per heavy atom. The molecule has 1 atom stereocenters. The van der Waals surface area contributed by atoms with Gasteiger partial charge >= 0.3 is 0 Å². The largest absolute Gasteiger partial charge is 0.377 e. The van der Waals surface area contributed by atoms with Crippen LogP contribution >= 0.6 is 11.3 Å². The van der Waals surface area contributed by atoms with Gasteiger partial charge in [-0.2, -0.15) is 0 Å². The summed E-state index contributed by atoms with van der Waals surface area (Å²) in [4.78, 5) is 7.06. The molecular weight excluding hydrogens is 246 g/mol. The lowest BCUT2D eigenvalue weighted by Gasteiger charge is -2.32. The number of ether oxygens (including phenoxy) is 1. The summed E-state index contributed by atoms with van der Waals surface area (Å²) in [6.07, 6.45) is 2.76. The average molecular weight is 269 g/mol. The van der Waals surface area contributed by atoms with Crippen LogP contribution in [0.1, 0.15) is 32.4 Å². The van der Waals surface area contributed by atoms with E-state index in [1.165, 1.54) is 12.8 Å². The number of piperidine rings is 1. The van der Waals surface area contributed by atoms with Gasteiger partial charge in [-0.25, -0.2) is 4.98 Å². The van der Waals surface area contributed by atoms with E-state index in [2.05, 4.69) is 29.4 Å². The molecule has 1 aromatic heterocycles. The zero-order chi connectivity index (χ0) is 12.8. The number of rotatable bonds is 6.